The fraction of sp³-hybridized carbons (Fsp3) is 0.471. The molecule has 0 aliphatic carbocycles. The normalized spacial score (nSPS) is 12.4. The maximum absolute atomic E-state index is 6.15. The Morgan fingerprint density at radius 1 is 1.29 bits per heavy atom. The molecule has 2 rings (SSSR count). The van der Waals surface area contributed by atoms with Gasteiger partial charge < -0.3 is 10.6 Å². The Morgan fingerprint density at radius 2 is 1.95 bits per heavy atom. The number of hydrogen-bond acceptors (Lipinski definition) is 3. The first-order valence-electron chi connectivity index (χ1n) is 7.56. The number of aryl methyl sites for hydroxylation is 2. The summed E-state index contributed by atoms with van der Waals surface area (Å²) in [6.45, 7) is 5.06. The Morgan fingerprint density at radius 3 is 2.57 bits per heavy atom. The van der Waals surface area contributed by atoms with Crippen LogP contribution in [-0.2, 0) is 20.0 Å². The van der Waals surface area contributed by atoms with Crippen molar-refractivity contribution in [2.45, 2.75) is 39.3 Å². The highest BCUT2D eigenvalue weighted by atomic mass is 15.4. The van der Waals surface area contributed by atoms with Crippen molar-refractivity contribution in [2.75, 3.05) is 11.9 Å². The largest absolute Gasteiger partial charge is 0.355 e. The van der Waals surface area contributed by atoms with E-state index in [1.807, 2.05) is 17.8 Å². The molecule has 114 valence electrons. The van der Waals surface area contributed by atoms with Crippen LogP contribution in [0, 0.1) is 6.92 Å². The molecule has 0 radical (unpaired) electrons. The van der Waals surface area contributed by atoms with Crippen LogP contribution in [0.15, 0.2) is 30.3 Å². The van der Waals surface area contributed by atoms with Crippen molar-refractivity contribution in [3.8, 4) is 0 Å². The van der Waals surface area contributed by atoms with E-state index in [-0.39, 0.29) is 6.04 Å². The van der Waals surface area contributed by atoms with Gasteiger partial charge in [-0.1, -0.05) is 37.3 Å². The van der Waals surface area contributed by atoms with Gasteiger partial charge in [-0.25, -0.2) is 0 Å². The number of nitrogens with two attached hydrogens (primary N) is 1. The first kappa shape index (κ1) is 15.6. The number of anilines is 1. The van der Waals surface area contributed by atoms with E-state index in [2.05, 4.69) is 55.2 Å². The van der Waals surface area contributed by atoms with Crippen molar-refractivity contribution in [3.05, 3.63) is 47.2 Å². The second-order valence-corrected chi connectivity index (χ2v) is 5.73. The van der Waals surface area contributed by atoms with E-state index in [1.165, 1.54) is 16.9 Å². The topological polar surface area (TPSA) is 47.1 Å². The molecule has 1 atom stereocenters. The Hall–Kier alpha value is -1.81. The Balaban J connectivity index is 2.25. The third kappa shape index (κ3) is 3.64. The fourth-order valence-electron chi connectivity index (χ4n) is 2.74. The second-order valence-electron chi connectivity index (χ2n) is 5.73. The predicted molar refractivity (Wildman–Crippen MR) is 88.5 cm³/mol. The van der Waals surface area contributed by atoms with E-state index in [9.17, 15) is 0 Å². The van der Waals surface area contributed by atoms with Gasteiger partial charge in [-0.2, -0.15) is 5.10 Å². The van der Waals surface area contributed by atoms with Gasteiger partial charge in [-0.15, -0.1) is 0 Å². The van der Waals surface area contributed by atoms with Gasteiger partial charge in [-0.3, -0.25) is 4.68 Å². The van der Waals surface area contributed by atoms with Crippen molar-refractivity contribution >= 4 is 5.82 Å². The Labute approximate surface area is 127 Å². The van der Waals surface area contributed by atoms with Crippen LogP contribution in [0.2, 0.25) is 0 Å². The third-order valence-electron chi connectivity index (χ3n) is 3.93. The van der Waals surface area contributed by atoms with E-state index in [4.69, 9.17) is 5.73 Å². The van der Waals surface area contributed by atoms with Crippen molar-refractivity contribution in [2.24, 2.45) is 12.8 Å². The summed E-state index contributed by atoms with van der Waals surface area (Å²) >= 11 is 0. The molecule has 1 unspecified atom stereocenters. The standard InChI is InChI=1S/C17H26N4/c1-5-15(18)11-16-13(2)19-21(4)17(16)20(3)12-14-9-7-6-8-10-14/h6-10,15H,5,11-12,18H2,1-4H3. The molecule has 2 N–H and O–H groups in total. The summed E-state index contributed by atoms with van der Waals surface area (Å²) in [6, 6.07) is 10.7. The van der Waals surface area contributed by atoms with Crippen LogP contribution in [0.1, 0.15) is 30.2 Å². The van der Waals surface area contributed by atoms with Gasteiger partial charge in [0.05, 0.1) is 5.69 Å². The molecule has 4 heteroatoms. The van der Waals surface area contributed by atoms with Crippen molar-refractivity contribution in [1.82, 2.24) is 9.78 Å². The summed E-state index contributed by atoms with van der Waals surface area (Å²) in [7, 11) is 4.12. The molecule has 0 bridgehead atoms. The first-order valence-corrected chi connectivity index (χ1v) is 7.56. The van der Waals surface area contributed by atoms with Gasteiger partial charge in [0.15, 0.2) is 0 Å². The number of rotatable bonds is 6. The summed E-state index contributed by atoms with van der Waals surface area (Å²) in [4.78, 5) is 2.26. The minimum Gasteiger partial charge on any atom is -0.355 e. The summed E-state index contributed by atoms with van der Waals surface area (Å²) in [5.74, 6) is 1.17. The zero-order valence-corrected chi connectivity index (χ0v) is 13.5. The van der Waals surface area contributed by atoms with Gasteiger partial charge in [0.1, 0.15) is 5.82 Å². The fourth-order valence-corrected chi connectivity index (χ4v) is 2.74. The van der Waals surface area contributed by atoms with Crippen molar-refractivity contribution < 1.29 is 0 Å². The molecular weight excluding hydrogens is 260 g/mol. The number of benzene rings is 1. The molecule has 1 aromatic carbocycles. The lowest BCUT2D eigenvalue weighted by Gasteiger charge is -2.22. The molecule has 21 heavy (non-hydrogen) atoms. The maximum Gasteiger partial charge on any atom is 0.130 e. The van der Waals surface area contributed by atoms with Crippen LogP contribution < -0.4 is 10.6 Å². The highest BCUT2D eigenvalue weighted by molar-refractivity contribution is 5.50. The highest BCUT2D eigenvalue weighted by Gasteiger charge is 2.18. The van der Waals surface area contributed by atoms with E-state index in [0.717, 1.165) is 25.1 Å². The van der Waals surface area contributed by atoms with Gasteiger partial charge in [-0.05, 0) is 25.3 Å². The van der Waals surface area contributed by atoms with E-state index in [0.29, 0.717) is 0 Å². The zero-order chi connectivity index (χ0) is 15.4. The number of nitrogens with zero attached hydrogens (tertiary/aromatic N) is 3. The SMILES string of the molecule is CCC(N)Cc1c(C)nn(C)c1N(C)Cc1ccccc1. The quantitative estimate of drug-likeness (QED) is 0.888. The van der Waals surface area contributed by atoms with Gasteiger partial charge in [0.2, 0.25) is 0 Å². The molecule has 0 aliphatic rings. The van der Waals surface area contributed by atoms with Crippen LogP contribution in [0.25, 0.3) is 0 Å². The van der Waals surface area contributed by atoms with Crippen LogP contribution in [0.3, 0.4) is 0 Å². The van der Waals surface area contributed by atoms with Crippen molar-refractivity contribution in [3.63, 3.8) is 0 Å². The second kappa shape index (κ2) is 6.76. The lowest BCUT2D eigenvalue weighted by molar-refractivity contribution is 0.642. The van der Waals surface area contributed by atoms with Gasteiger partial charge in [0, 0.05) is 32.2 Å². The highest BCUT2D eigenvalue weighted by Crippen LogP contribution is 2.25. The molecule has 0 aliphatic heterocycles. The van der Waals surface area contributed by atoms with Crippen molar-refractivity contribution in [1.29, 1.82) is 0 Å². The molecule has 0 saturated carbocycles. The minimum atomic E-state index is 0.191. The Kier molecular flexibility index (Phi) is 5.02. The molecule has 1 aromatic heterocycles. The lowest BCUT2D eigenvalue weighted by atomic mass is 10.0. The lowest BCUT2D eigenvalue weighted by Crippen LogP contribution is -2.25. The molecule has 0 amide bonds. The average molecular weight is 286 g/mol. The van der Waals surface area contributed by atoms with Crippen LogP contribution in [0.4, 0.5) is 5.82 Å². The van der Waals surface area contributed by atoms with Crippen LogP contribution >= 0.6 is 0 Å². The van der Waals surface area contributed by atoms with E-state index in [1.54, 1.807) is 0 Å². The summed E-state index contributed by atoms with van der Waals surface area (Å²) in [5.41, 5.74) is 9.79. The predicted octanol–water partition coefficient (Wildman–Crippen LogP) is 2.64. The molecule has 1 heterocycles. The molecule has 0 saturated heterocycles. The molecule has 4 nitrogen and oxygen atoms in total. The molecule has 0 spiro atoms. The van der Waals surface area contributed by atoms with Crippen LogP contribution in [0.5, 0.6) is 0 Å². The van der Waals surface area contributed by atoms with Gasteiger partial charge >= 0.3 is 0 Å². The molecular formula is C17H26N4. The van der Waals surface area contributed by atoms with E-state index < -0.39 is 0 Å². The minimum absolute atomic E-state index is 0.191. The summed E-state index contributed by atoms with van der Waals surface area (Å²) < 4.78 is 1.97. The summed E-state index contributed by atoms with van der Waals surface area (Å²) in [5, 5.41) is 4.58. The monoisotopic (exact) mass is 286 g/mol. The van der Waals surface area contributed by atoms with Crippen LogP contribution in [-0.4, -0.2) is 22.9 Å². The molecule has 0 fully saturated rings. The summed E-state index contributed by atoms with van der Waals surface area (Å²) in [6.07, 6.45) is 1.86. The first-order chi connectivity index (χ1) is 10.0. The smallest absolute Gasteiger partial charge is 0.130 e. The number of hydrogen-bond donors (Lipinski definition) is 1. The number of aromatic nitrogens is 2. The Bertz CT molecular complexity index is 574. The van der Waals surface area contributed by atoms with E-state index >= 15 is 0 Å². The molecule has 2 aromatic rings. The maximum atomic E-state index is 6.15. The van der Waals surface area contributed by atoms with Gasteiger partial charge in [0.25, 0.3) is 0 Å². The average Bonchev–Trinajstić information content (AvgIpc) is 2.74. The third-order valence-corrected chi connectivity index (χ3v) is 3.93. The zero-order valence-electron chi connectivity index (χ0n) is 13.5.